The van der Waals surface area contributed by atoms with Crippen LogP contribution >= 0.6 is 0 Å². The molecule has 1 aliphatic heterocycles. The molecule has 0 radical (unpaired) electrons. The molecule has 5 heteroatoms. The van der Waals surface area contributed by atoms with E-state index in [2.05, 4.69) is 5.32 Å². The maximum atomic E-state index is 13.0. The smallest absolute Gasteiger partial charge is 0.221 e. The molecule has 0 bridgehead atoms. The quantitative estimate of drug-likeness (QED) is 0.873. The van der Waals surface area contributed by atoms with E-state index in [9.17, 15) is 9.59 Å². The Morgan fingerprint density at radius 2 is 1.88 bits per heavy atom. The first-order chi connectivity index (χ1) is 12.0. The molecule has 1 amide bonds. The van der Waals surface area contributed by atoms with Gasteiger partial charge < -0.3 is 15.0 Å². The summed E-state index contributed by atoms with van der Waals surface area (Å²) in [5.41, 5.74) is 2.58. The Morgan fingerprint density at radius 3 is 2.52 bits per heavy atom. The van der Waals surface area contributed by atoms with E-state index in [0.29, 0.717) is 22.6 Å². The van der Waals surface area contributed by atoms with Gasteiger partial charge in [0, 0.05) is 39.0 Å². The summed E-state index contributed by atoms with van der Waals surface area (Å²) in [5, 5.41) is 2.71. The number of hydrogen-bond donors (Lipinski definition) is 1. The Morgan fingerprint density at radius 1 is 1.16 bits per heavy atom. The maximum absolute atomic E-state index is 13.0. The summed E-state index contributed by atoms with van der Waals surface area (Å²) in [6.45, 7) is 1.44. The molecule has 5 nitrogen and oxygen atoms in total. The fourth-order valence-electron chi connectivity index (χ4n) is 2.83. The average Bonchev–Trinajstić information content (AvgIpc) is 2.57. The third-order valence-electron chi connectivity index (χ3n) is 3.84. The summed E-state index contributed by atoms with van der Waals surface area (Å²) >= 11 is 0. The number of anilines is 1. The number of rotatable bonds is 3. The van der Waals surface area contributed by atoms with Crippen molar-refractivity contribution in [1.29, 1.82) is 0 Å². The molecular formula is C20H20N2O3. The molecule has 0 saturated carbocycles. The van der Waals surface area contributed by atoms with Crippen molar-refractivity contribution in [3.05, 3.63) is 71.4 Å². The summed E-state index contributed by atoms with van der Waals surface area (Å²) < 4.78 is 6.16. The number of ether oxygens (including phenoxy) is 1. The third-order valence-corrected chi connectivity index (χ3v) is 3.84. The molecule has 0 aliphatic carbocycles. The minimum atomic E-state index is -0.490. The van der Waals surface area contributed by atoms with Crippen LogP contribution < -0.4 is 10.1 Å². The monoisotopic (exact) mass is 336 g/mol. The van der Waals surface area contributed by atoms with E-state index in [0.717, 1.165) is 5.56 Å². The highest BCUT2D eigenvalue weighted by molar-refractivity contribution is 6.12. The van der Waals surface area contributed by atoms with Crippen LogP contribution in [0.3, 0.4) is 0 Å². The van der Waals surface area contributed by atoms with Crippen molar-refractivity contribution in [1.82, 2.24) is 4.90 Å². The Kier molecular flexibility index (Phi) is 4.57. The molecule has 0 aromatic heterocycles. The van der Waals surface area contributed by atoms with E-state index in [1.165, 1.54) is 6.92 Å². The molecular weight excluding hydrogens is 316 g/mol. The van der Waals surface area contributed by atoms with Crippen LogP contribution in [-0.4, -0.2) is 30.7 Å². The van der Waals surface area contributed by atoms with Crippen molar-refractivity contribution >= 4 is 17.4 Å². The Bertz CT molecular complexity index is 841. The molecule has 2 aromatic rings. The van der Waals surface area contributed by atoms with E-state index in [4.69, 9.17) is 4.74 Å². The van der Waals surface area contributed by atoms with Crippen LogP contribution in [0.4, 0.5) is 5.69 Å². The first-order valence-electron chi connectivity index (χ1n) is 8.02. The lowest BCUT2D eigenvalue weighted by Crippen LogP contribution is -2.25. The van der Waals surface area contributed by atoms with Crippen molar-refractivity contribution in [3.8, 4) is 5.75 Å². The highest BCUT2D eigenvalue weighted by Crippen LogP contribution is 2.39. The Hall–Kier alpha value is -3.08. The molecule has 25 heavy (non-hydrogen) atoms. The lowest BCUT2D eigenvalue weighted by Gasteiger charge is -2.29. The van der Waals surface area contributed by atoms with Crippen LogP contribution in [-0.2, 0) is 4.79 Å². The van der Waals surface area contributed by atoms with Crippen molar-refractivity contribution in [3.63, 3.8) is 0 Å². The highest BCUT2D eigenvalue weighted by atomic mass is 16.5. The zero-order valence-electron chi connectivity index (χ0n) is 14.4. The number of carbonyl (C=O) groups excluding carboxylic acids is 2. The molecule has 2 aromatic carbocycles. The van der Waals surface area contributed by atoms with Crippen molar-refractivity contribution in [2.45, 2.75) is 13.0 Å². The zero-order valence-corrected chi connectivity index (χ0v) is 14.4. The van der Waals surface area contributed by atoms with E-state index in [-0.39, 0.29) is 11.7 Å². The molecule has 1 aliphatic rings. The van der Waals surface area contributed by atoms with Gasteiger partial charge in [-0.25, -0.2) is 0 Å². The number of carbonyl (C=O) groups is 2. The van der Waals surface area contributed by atoms with Crippen molar-refractivity contribution < 1.29 is 14.3 Å². The number of amides is 1. The highest BCUT2D eigenvalue weighted by Gasteiger charge is 2.33. The molecule has 0 fully saturated rings. The van der Waals surface area contributed by atoms with E-state index in [1.54, 1.807) is 24.4 Å². The first kappa shape index (κ1) is 16.8. The lowest BCUT2D eigenvalue weighted by atomic mass is 9.91. The van der Waals surface area contributed by atoms with E-state index < -0.39 is 6.10 Å². The molecule has 1 unspecified atom stereocenters. The second-order valence-electron chi connectivity index (χ2n) is 6.18. The van der Waals surface area contributed by atoms with Crippen LogP contribution in [0.5, 0.6) is 5.75 Å². The van der Waals surface area contributed by atoms with Gasteiger partial charge in [0.25, 0.3) is 0 Å². The molecule has 0 saturated heterocycles. The minimum Gasteiger partial charge on any atom is -0.480 e. The molecule has 3 rings (SSSR count). The van der Waals surface area contributed by atoms with Gasteiger partial charge in [0.05, 0.1) is 11.1 Å². The lowest BCUT2D eigenvalue weighted by molar-refractivity contribution is -0.114. The van der Waals surface area contributed by atoms with Gasteiger partial charge in [-0.15, -0.1) is 0 Å². The van der Waals surface area contributed by atoms with Crippen LogP contribution in [0.2, 0.25) is 0 Å². The van der Waals surface area contributed by atoms with Gasteiger partial charge in [-0.05, 0) is 17.7 Å². The second kappa shape index (κ2) is 6.81. The summed E-state index contributed by atoms with van der Waals surface area (Å²) in [7, 11) is 3.75. The Labute approximate surface area is 146 Å². The van der Waals surface area contributed by atoms with Gasteiger partial charge in [0.15, 0.2) is 11.9 Å². The molecule has 1 heterocycles. The van der Waals surface area contributed by atoms with Gasteiger partial charge in [-0.1, -0.05) is 30.3 Å². The third kappa shape index (κ3) is 3.55. The Balaban J connectivity index is 2.08. The van der Waals surface area contributed by atoms with Crippen molar-refractivity contribution in [2.75, 3.05) is 19.4 Å². The minimum absolute atomic E-state index is 0.0711. The van der Waals surface area contributed by atoms with E-state index in [1.807, 2.05) is 49.3 Å². The van der Waals surface area contributed by atoms with E-state index >= 15 is 0 Å². The number of ketones is 1. The first-order valence-corrected chi connectivity index (χ1v) is 8.02. The predicted octanol–water partition coefficient (Wildman–Crippen LogP) is 3.41. The van der Waals surface area contributed by atoms with Gasteiger partial charge in [-0.3, -0.25) is 9.59 Å². The number of nitrogens with zero attached hydrogens (tertiary/aromatic N) is 1. The van der Waals surface area contributed by atoms with Crippen molar-refractivity contribution in [2.24, 2.45) is 0 Å². The summed E-state index contributed by atoms with van der Waals surface area (Å²) in [6.07, 6.45) is 1.31. The van der Waals surface area contributed by atoms with Crippen LogP contribution in [0.1, 0.15) is 28.9 Å². The fourth-order valence-corrected chi connectivity index (χ4v) is 2.83. The standard InChI is InChI=1S/C20H20N2O3/c1-13(23)21-15-9-10-16-18(11-15)25-20(14-7-5-4-6-8-14)17(19(16)24)12-22(2)3/h4-12,20H,1-3H3,(H,21,23). The molecule has 1 atom stereocenters. The topological polar surface area (TPSA) is 58.6 Å². The second-order valence-corrected chi connectivity index (χ2v) is 6.18. The largest absolute Gasteiger partial charge is 0.480 e. The van der Waals surface area contributed by atoms with Crippen LogP contribution in [0.15, 0.2) is 60.3 Å². The molecule has 0 spiro atoms. The summed E-state index contributed by atoms with van der Waals surface area (Å²) in [6, 6.07) is 14.7. The normalized spacial score (nSPS) is 17.6. The maximum Gasteiger partial charge on any atom is 0.221 e. The fraction of sp³-hybridized carbons (Fsp3) is 0.200. The average molecular weight is 336 g/mol. The van der Waals surface area contributed by atoms with Crippen LogP contribution in [0, 0.1) is 0 Å². The summed E-state index contributed by atoms with van der Waals surface area (Å²) in [4.78, 5) is 26.1. The van der Waals surface area contributed by atoms with Gasteiger partial charge in [-0.2, -0.15) is 0 Å². The van der Waals surface area contributed by atoms with Gasteiger partial charge >= 0.3 is 0 Å². The number of hydrogen-bond acceptors (Lipinski definition) is 4. The number of benzene rings is 2. The molecule has 128 valence electrons. The zero-order chi connectivity index (χ0) is 18.0. The van der Waals surface area contributed by atoms with Crippen LogP contribution in [0.25, 0.3) is 0 Å². The number of fused-ring (bicyclic) bond motifs is 1. The van der Waals surface area contributed by atoms with Gasteiger partial charge in [0.1, 0.15) is 5.75 Å². The summed E-state index contributed by atoms with van der Waals surface area (Å²) in [5.74, 6) is 0.231. The van der Waals surface area contributed by atoms with Gasteiger partial charge in [0.2, 0.25) is 5.91 Å². The predicted molar refractivity (Wildman–Crippen MR) is 96.7 cm³/mol. The number of Topliss-reactive ketones (excluding diaryl/α,β-unsaturated/α-hetero) is 1. The number of nitrogens with one attached hydrogen (secondary N) is 1. The SMILES string of the molecule is CC(=O)Nc1ccc2c(c1)OC(c1ccccc1)C(=CN(C)C)C2=O. The molecule has 1 N–H and O–H groups in total.